The molecule has 0 N–H and O–H groups in total. The van der Waals surface area contributed by atoms with E-state index in [-0.39, 0.29) is 30.6 Å². The van der Waals surface area contributed by atoms with E-state index in [1.54, 1.807) is 0 Å². The lowest BCUT2D eigenvalue weighted by Crippen LogP contribution is -2.54. The van der Waals surface area contributed by atoms with Gasteiger partial charge in [0, 0.05) is 6.54 Å². The SMILES string of the molecule is COC(=O)C1COCCN1C(=O)C1CCS(=O)(=O)C1. The van der Waals surface area contributed by atoms with Gasteiger partial charge in [-0.3, -0.25) is 4.79 Å². The Morgan fingerprint density at radius 1 is 1.37 bits per heavy atom. The van der Waals surface area contributed by atoms with Crippen LogP contribution in [0.3, 0.4) is 0 Å². The summed E-state index contributed by atoms with van der Waals surface area (Å²) in [6, 6.07) is -0.769. The fraction of sp³-hybridized carbons (Fsp3) is 0.818. The molecule has 2 heterocycles. The zero-order valence-electron chi connectivity index (χ0n) is 10.7. The minimum atomic E-state index is -3.12. The molecule has 108 valence electrons. The standard InChI is InChI=1S/C11H17NO6S/c1-17-11(14)9-6-18-4-3-12(9)10(13)8-2-5-19(15,16)7-8/h8-9H,2-7H2,1H3. The Labute approximate surface area is 111 Å². The van der Waals surface area contributed by atoms with E-state index < -0.39 is 27.8 Å². The molecule has 2 saturated heterocycles. The minimum Gasteiger partial charge on any atom is -0.467 e. The van der Waals surface area contributed by atoms with Crippen LogP contribution >= 0.6 is 0 Å². The van der Waals surface area contributed by atoms with Gasteiger partial charge in [0.05, 0.1) is 37.7 Å². The summed E-state index contributed by atoms with van der Waals surface area (Å²) in [7, 11) is -1.87. The molecule has 0 bridgehead atoms. The second kappa shape index (κ2) is 5.46. The van der Waals surface area contributed by atoms with Crippen LogP contribution < -0.4 is 0 Å². The molecular formula is C11H17NO6S. The Morgan fingerprint density at radius 2 is 2.11 bits per heavy atom. The van der Waals surface area contributed by atoms with E-state index >= 15 is 0 Å². The van der Waals surface area contributed by atoms with Crippen molar-refractivity contribution < 1.29 is 27.5 Å². The summed E-state index contributed by atoms with van der Waals surface area (Å²) in [6.07, 6.45) is 0.326. The normalized spacial score (nSPS) is 30.1. The summed E-state index contributed by atoms with van der Waals surface area (Å²) in [5.74, 6) is -1.46. The number of amides is 1. The molecule has 2 atom stereocenters. The maximum Gasteiger partial charge on any atom is 0.331 e. The number of nitrogens with zero attached hydrogens (tertiary/aromatic N) is 1. The van der Waals surface area contributed by atoms with Gasteiger partial charge in [-0.1, -0.05) is 0 Å². The maximum atomic E-state index is 12.3. The van der Waals surface area contributed by atoms with Gasteiger partial charge in [-0.2, -0.15) is 0 Å². The molecule has 7 nitrogen and oxygen atoms in total. The molecule has 2 aliphatic rings. The largest absolute Gasteiger partial charge is 0.467 e. The molecule has 0 spiro atoms. The fourth-order valence-electron chi connectivity index (χ4n) is 2.42. The van der Waals surface area contributed by atoms with Gasteiger partial charge < -0.3 is 14.4 Å². The first-order chi connectivity index (χ1) is 8.94. The smallest absolute Gasteiger partial charge is 0.331 e. The van der Waals surface area contributed by atoms with Crippen LogP contribution in [0.2, 0.25) is 0 Å². The van der Waals surface area contributed by atoms with Gasteiger partial charge in [-0.15, -0.1) is 0 Å². The molecule has 2 fully saturated rings. The minimum absolute atomic E-state index is 0.0383. The molecule has 0 aliphatic carbocycles. The Kier molecular flexibility index (Phi) is 4.10. The molecule has 2 rings (SSSR count). The molecule has 2 unspecified atom stereocenters. The summed E-state index contributed by atoms with van der Waals surface area (Å²) in [5, 5.41) is 0. The van der Waals surface area contributed by atoms with E-state index in [0.29, 0.717) is 13.0 Å². The van der Waals surface area contributed by atoms with Gasteiger partial charge in [-0.25, -0.2) is 13.2 Å². The van der Waals surface area contributed by atoms with Crippen molar-refractivity contribution in [2.75, 3.05) is 38.4 Å². The van der Waals surface area contributed by atoms with Crippen molar-refractivity contribution in [3.05, 3.63) is 0 Å². The summed E-state index contributed by atoms with van der Waals surface area (Å²) >= 11 is 0. The Morgan fingerprint density at radius 3 is 2.68 bits per heavy atom. The summed E-state index contributed by atoms with van der Waals surface area (Å²) in [6.45, 7) is 0.728. The second-order valence-electron chi connectivity index (χ2n) is 4.75. The van der Waals surface area contributed by atoms with Crippen LogP contribution in [0, 0.1) is 5.92 Å². The number of ether oxygens (including phenoxy) is 2. The third-order valence-corrected chi connectivity index (χ3v) is 5.23. The van der Waals surface area contributed by atoms with Crippen LogP contribution in [0.4, 0.5) is 0 Å². The summed E-state index contributed by atoms with van der Waals surface area (Å²) in [4.78, 5) is 25.3. The number of hydrogen-bond acceptors (Lipinski definition) is 6. The molecule has 0 saturated carbocycles. The van der Waals surface area contributed by atoms with Crippen LogP contribution in [0.15, 0.2) is 0 Å². The Balaban J connectivity index is 2.10. The molecule has 1 amide bonds. The zero-order valence-corrected chi connectivity index (χ0v) is 11.5. The fourth-order valence-corrected chi connectivity index (χ4v) is 4.16. The van der Waals surface area contributed by atoms with E-state index in [4.69, 9.17) is 4.74 Å². The molecular weight excluding hydrogens is 274 g/mol. The van der Waals surface area contributed by atoms with Crippen molar-refractivity contribution in [1.29, 1.82) is 0 Å². The van der Waals surface area contributed by atoms with Gasteiger partial charge in [0.25, 0.3) is 0 Å². The third kappa shape index (κ3) is 3.06. The Bertz CT molecular complexity index is 474. The molecule has 8 heteroatoms. The first-order valence-electron chi connectivity index (χ1n) is 6.11. The maximum absolute atomic E-state index is 12.3. The lowest BCUT2D eigenvalue weighted by molar-refractivity contribution is -0.162. The highest BCUT2D eigenvalue weighted by atomic mass is 32.2. The van der Waals surface area contributed by atoms with Crippen molar-refractivity contribution in [3.63, 3.8) is 0 Å². The first-order valence-corrected chi connectivity index (χ1v) is 7.93. The second-order valence-corrected chi connectivity index (χ2v) is 6.97. The van der Waals surface area contributed by atoms with Crippen LogP contribution in [-0.2, 0) is 28.9 Å². The monoisotopic (exact) mass is 291 g/mol. The van der Waals surface area contributed by atoms with Crippen LogP contribution in [-0.4, -0.2) is 69.6 Å². The van der Waals surface area contributed by atoms with Crippen LogP contribution in [0.5, 0.6) is 0 Å². The van der Waals surface area contributed by atoms with Crippen molar-refractivity contribution in [2.45, 2.75) is 12.5 Å². The number of methoxy groups -OCH3 is 1. The van der Waals surface area contributed by atoms with E-state index in [1.165, 1.54) is 12.0 Å². The van der Waals surface area contributed by atoms with Gasteiger partial charge in [0.15, 0.2) is 15.9 Å². The zero-order chi connectivity index (χ0) is 14.0. The average molecular weight is 291 g/mol. The van der Waals surface area contributed by atoms with Crippen LogP contribution in [0.25, 0.3) is 0 Å². The number of carbonyl (C=O) groups excluding carboxylic acids is 2. The number of hydrogen-bond donors (Lipinski definition) is 0. The number of sulfone groups is 1. The summed E-state index contributed by atoms with van der Waals surface area (Å²) in [5.41, 5.74) is 0. The topological polar surface area (TPSA) is 90.0 Å². The lowest BCUT2D eigenvalue weighted by Gasteiger charge is -2.35. The Hall–Kier alpha value is -1.15. The first kappa shape index (κ1) is 14.3. The molecule has 0 aromatic carbocycles. The predicted octanol–water partition coefficient (Wildman–Crippen LogP) is -1.18. The number of rotatable bonds is 2. The van der Waals surface area contributed by atoms with Gasteiger partial charge in [0.1, 0.15) is 0 Å². The van der Waals surface area contributed by atoms with Gasteiger partial charge in [0.2, 0.25) is 5.91 Å². The quantitative estimate of drug-likeness (QED) is 0.595. The molecule has 0 aromatic heterocycles. The third-order valence-electron chi connectivity index (χ3n) is 3.47. The molecule has 0 radical (unpaired) electrons. The highest BCUT2D eigenvalue weighted by Gasteiger charge is 2.40. The van der Waals surface area contributed by atoms with E-state index in [0.717, 1.165) is 0 Å². The predicted molar refractivity (Wildman–Crippen MR) is 65.1 cm³/mol. The molecule has 0 aromatic rings. The number of morpholine rings is 1. The van der Waals surface area contributed by atoms with Crippen molar-refractivity contribution in [1.82, 2.24) is 4.90 Å². The molecule has 2 aliphatic heterocycles. The van der Waals surface area contributed by atoms with E-state index in [1.807, 2.05) is 0 Å². The van der Waals surface area contributed by atoms with Crippen molar-refractivity contribution in [2.24, 2.45) is 5.92 Å². The van der Waals surface area contributed by atoms with Crippen molar-refractivity contribution in [3.8, 4) is 0 Å². The van der Waals surface area contributed by atoms with Crippen molar-refractivity contribution >= 4 is 21.7 Å². The van der Waals surface area contributed by atoms with Gasteiger partial charge >= 0.3 is 5.97 Å². The van der Waals surface area contributed by atoms with Gasteiger partial charge in [-0.05, 0) is 6.42 Å². The highest BCUT2D eigenvalue weighted by Crippen LogP contribution is 2.23. The average Bonchev–Trinajstić information content (AvgIpc) is 2.77. The highest BCUT2D eigenvalue weighted by molar-refractivity contribution is 7.91. The van der Waals surface area contributed by atoms with E-state index in [2.05, 4.69) is 4.74 Å². The number of esters is 1. The van der Waals surface area contributed by atoms with E-state index in [9.17, 15) is 18.0 Å². The number of carbonyl (C=O) groups is 2. The summed E-state index contributed by atoms with van der Waals surface area (Å²) < 4.78 is 32.6. The lowest BCUT2D eigenvalue weighted by atomic mass is 10.1. The molecule has 19 heavy (non-hydrogen) atoms. The van der Waals surface area contributed by atoms with Crippen LogP contribution in [0.1, 0.15) is 6.42 Å².